The minimum Gasteiger partial charge on any atom is -0.321 e. The Kier molecular flexibility index (Phi) is 5.10. The molecule has 0 bridgehead atoms. The van der Waals surface area contributed by atoms with Crippen molar-refractivity contribution in [3.63, 3.8) is 0 Å². The van der Waals surface area contributed by atoms with E-state index in [0.717, 1.165) is 31.4 Å². The van der Waals surface area contributed by atoms with Crippen LogP contribution in [-0.4, -0.2) is 44.1 Å². The van der Waals surface area contributed by atoms with Crippen LogP contribution in [0.5, 0.6) is 0 Å². The molecule has 2 aromatic rings. The molecule has 1 aliphatic heterocycles. The summed E-state index contributed by atoms with van der Waals surface area (Å²) in [6.07, 6.45) is -1.24. The number of rotatable bonds is 3. The van der Waals surface area contributed by atoms with Crippen molar-refractivity contribution in [2.24, 2.45) is 0 Å². The molecule has 10 heteroatoms. The number of aryl methyl sites for hydroxylation is 1. The van der Waals surface area contributed by atoms with E-state index in [9.17, 15) is 18.0 Å². The topological polar surface area (TPSA) is 86.8 Å². The number of H-pyrrole nitrogens is 1. The van der Waals surface area contributed by atoms with Crippen LogP contribution in [0.1, 0.15) is 36.2 Å². The van der Waals surface area contributed by atoms with Crippen molar-refractivity contribution in [3.05, 3.63) is 35.2 Å². The molecule has 1 atom stereocenters. The number of nitrogens with one attached hydrogen (secondary N) is 2. The van der Waals surface area contributed by atoms with Crippen molar-refractivity contribution >= 4 is 11.7 Å². The number of hydrogen-bond acceptors (Lipinski definition) is 4. The number of piperidine rings is 1. The second-order valence-electron chi connectivity index (χ2n) is 6.33. The molecule has 1 unspecified atom stereocenters. The Balaban J connectivity index is 1.71. The Hall–Kier alpha value is -2.65. The fourth-order valence-electron chi connectivity index (χ4n) is 3.13. The lowest BCUT2D eigenvalue weighted by Crippen LogP contribution is -2.47. The van der Waals surface area contributed by atoms with Gasteiger partial charge in [0, 0.05) is 24.7 Å². The highest BCUT2D eigenvalue weighted by Crippen LogP contribution is 2.32. The Morgan fingerprint density at radius 1 is 1.38 bits per heavy atom. The number of likely N-dealkylation sites (tertiary alicyclic amines) is 1. The predicted molar refractivity (Wildman–Crippen MR) is 87.4 cm³/mol. The summed E-state index contributed by atoms with van der Waals surface area (Å²) in [5.74, 6) is 0.528. The van der Waals surface area contributed by atoms with Crippen LogP contribution in [0.4, 0.5) is 23.7 Å². The summed E-state index contributed by atoms with van der Waals surface area (Å²) in [6, 6.07) is 2.88. The number of aromatic amines is 1. The summed E-state index contributed by atoms with van der Waals surface area (Å²) in [7, 11) is 0. The minimum atomic E-state index is -4.41. The number of anilines is 1. The zero-order valence-electron chi connectivity index (χ0n) is 14.2. The molecule has 140 valence electrons. The van der Waals surface area contributed by atoms with E-state index in [1.54, 1.807) is 4.90 Å². The average molecular weight is 368 g/mol. The lowest BCUT2D eigenvalue weighted by atomic mass is 9.99. The minimum absolute atomic E-state index is 0.0731. The number of tetrazole rings is 1. The Morgan fingerprint density at radius 2 is 2.19 bits per heavy atom. The molecule has 0 saturated carbocycles. The van der Waals surface area contributed by atoms with E-state index in [1.807, 2.05) is 0 Å². The van der Waals surface area contributed by atoms with Gasteiger partial charge in [-0.25, -0.2) is 4.79 Å². The normalized spacial score (nSPS) is 18.0. The number of nitrogens with zero attached hydrogens (tertiary/aromatic N) is 4. The summed E-state index contributed by atoms with van der Waals surface area (Å²) in [5, 5.41) is 16.5. The highest BCUT2D eigenvalue weighted by molar-refractivity contribution is 5.90. The third-order valence-electron chi connectivity index (χ3n) is 4.49. The van der Waals surface area contributed by atoms with E-state index in [-0.39, 0.29) is 12.1 Å². The van der Waals surface area contributed by atoms with Gasteiger partial charge in [-0.3, -0.25) is 0 Å². The van der Waals surface area contributed by atoms with Gasteiger partial charge in [-0.2, -0.15) is 18.4 Å². The molecule has 2 amide bonds. The van der Waals surface area contributed by atoms with E-state index >= 15 is 0 Å². The van der Waals surface area contributed by atoms with Crippen molar-refractivity contribution in [2.75, 3.05) is 11.9 Å². The van der Waals surface area contributed by atoms with Crippen LogP contribution in [0.15, 0.2) is 18.2 Å². The standard InChI is InChI=1S/C16H19F3N6O/c1-10-8-11(16(17,18)19)5-6-13(10)20-15(26)25-7-3-2-4-12(25)9-14-21-23-24-22-14/h5-6,8,12H,2-4,7,9H2,1H3,(H,20,26)(H,21,22,23,24). The number of carbonyl (C=O) groups excluding carboxylic acids is 1. The van der Waals surface area contributed by atoms with Crippen molar-refractivity contribution in [3.8, 4) is 0 Å². The second kappa shape index (κ2) is 7.30. The lowest BCUT2D eigenvalue weighted by molar-refractivity contribution is -0.137. The third kappa shape index (κ3) is 4.12. The number of benzene rings is 1. The number of hydrogen-bond donors (Lipinski definition) is 2. The van der Waals surface area contributed by atoms with Crippen LogP contribution >= 0.6 is 0 Å². The monoisotopic (exact) mass is 368 g/mol. The SMILES string of the molecule is Cc1cc(C(F)(F)F)ccc1NC(=O)N1CCCCC1Cc1nn[nH]n1. The summed E-state index contributed by atoms with van der Waals surface area (Å²) in [6.45, 7) is 2.12. The van der Waals surface area contributed by atoms with Gasteiger partial charge >= 0.3 is 12.2 Å². The molecule has 2 N–H and O–H groups in total. The molecule has 1 aromatic heterocycles. The van der Waals surface area contributed by atoms with Crippen molar-refractivity contribution < 1.29 is 18.0 Å². The first-order valence-electron chi connectivity index (χ1n) is 8.32. The molecular weight excluding hydrogens is 349 g/mol. The highest BCUT2D eigenvalue weighted by atomic mass is 19.4. The van der Waals surface area contributed by atoms with Crippen molar-refractivity contribution in [2.45, 2.75) is 44.8 Å². The molecular formula is C16H19F3N6O. The molecule has 1 aliphatic rings. The largest absolute Gasteiger partial charge is 0.416 e. The van der Waals surface area contributed by atoms with Crippen LogP contribution in [0.3, 0.4) is 0 Å². The summed E-state index contributed by atoms with van der Waals surface area (Å²) in [4.78, 5) is 14.4. The molecule has 3 rings (SSSR count). The summed E-state index contributed by atoms with van der Waals surface area (Å²) in [5.41, 5.74) is -0.00672. The smallest absolute Gasteiger partial charge is 0.321 e. The van der Waals surface area contributed by atoms with Crippen LogP contribution in [0.2, 0.25) is 0 Å². The van der Waals surface area contributed by atoms with Crippen molar-refractivity contribution in [1.82, 2.24) is 25.5 Å². The number of amides is 2. The van der Waals surface area contributed by atoms with Crippen LogP contribution in [0.25, 0.3) is 0 Å². The maximum atomic E-state index is 12.8. The number of urea groups is 1. The number of alkyl halides is 3. The Bertz CT molecular complexity index is 762. The molecule has 0 aliphatic carbocycles. The average Bonchev–Trinajstić information content (AvgIpc) is 3.09. The molecule has 1 fully saturated rings. The molecule has 26 heavy (non-hydrogen) atoms. The van der Waals surface area contributed by atoms with Gasteiger partial charge in [0.15, 0.2) is 5.82 Å². The molecule has 0 radical (unpaired) electrons. The van der Waals surface area contributed by atoms with Gasteiger partial charge in [0.25, 0.3) is 0 Å². The first-order valence-corrected chi connectivity index (χ1v) is 8.32. The number of carbonyl (C=O) groups is 1. The fraction of sp³-hybridized carbons (Fsp3) is 0.500. The Morgan fingerprint density at radius 3 is 2.85 bits per heavy atom. The molecule has 1 saturated heterocycles. The highest BCUT2D eigenvalue weighted by Gasteiger charge is 2.31. The molecule has 2 heterocycles. The summed E-state index contributed by atoms with van der Waals surface area (Å²) >= 11 is 0. The van der Waals surface area contributed by atoms with Gasteiger partial charge in [0.2, 0.25) is 0 Å². The van der Waals surface area contributed by atoms with Gasteiger partial charge in [-0.15, -0.1) is 10.2 Å². The van der Waals surface area contributed by atoms with E-state index in [2.05, 4.69) is 25.9 Å². The van der Waals surface area contributed by atoms with E-state index in [0.29, 0.717) is 30.0 Å². The predicted octanol–water partition coefficient (Wildman–Crippen LogP) is 3.16. The van der Waals surface area contributed by atoms with E-state index < -0.39 is 11.7 Å². The van der Waals surface area contributed by atoms with Gasteiger partial charge in [-0.1, -0.05) is 5.21 Å². The van der Waals surface area contributed by atoms with Crippen LogP contribution < -0.4 is 5.32 Å². The van der Waals surface area contributed by atoms with Crippen LogP contribution in [0, 0.1) is 6.92 Å². The van der Waals surface area contributed by atoms with Gasteiger partial charge in [0.1, 0.15) is 0 Å². The maximum absolute atomic E-state index is 12.8. The van der Waals surface area contributed by atoms with E-state index in [4.69, 9.17) is 0 Å². The van der Waals surface area contributed by atoms with Crippen LogP contribution in [-0.2, 0) is 12.6 Å². The first-order chi connectivity index (χ1) is 12.3. The zero-order chi connectivity index (χ0) is 18.7. The Labute approximate surface area is 148 Å². The number of halogens is 3. The zero-order valence-corrected chi connectivity index (χ0v) is 14.2. The third-order valence-corrected chi connectivity index (χ3v) is 4.49. The second-order valence-corrected chi connectivity index (χ2v) is 6.33. The molecule has 0 spiro atoms. The quantitative estimate of drug-likeness (QED) is 0.871. The van der Waals surface area contributed by atoms with Crippen molar-refractivity contribution in [1.29, 1.82) is 0 Å². The summed E-state index contributed by atoms with van der Waals surface area (Å²) < 4.78 is 38.3. The van der Waals surface area contributed by atoms with Gasteiger partial charge in [0.05, 0.1) is 5.56 Å². The molecule has 7 nitrogen and oxygen atoms in total. The fourth-order valence-corrected chi connectivity index (χ4v) is 3.13. The molecule has 1 aromatic carbocycles. The van der Waals surface area contributed by atoms with E-state index in [1.165, 1.54) is 13.0 Å². The van der Waals surface area contributed by atoms with Gasteiger partial charge < -0.3 is 10.2 Å². The van der Waals surface area contributed by atoms with Gasteiger partial charge in [-0.05, 0) is 49.9 Å². The number of aromatic nitrogens is 4. The lowest BCUT2D eigenvalue weighted by Gasteiger charge is -2.35. The maximum Gasteiger partial charge on any atom is 0.416 e. The first kappa shape index (κ1) is 18.2.